The minimum absolute atomic E-state index is 0.168. The van der Waals surface area contributed by atoms with E-state index in [9.17, 15) is 8.42 Å². The van der Waals surface area contributed by atoms with E-state index < -0.39 is 10.0 Å². The number of ether oxygens (including phenoxy) is 1. The van der Waals surface area contributed by atoms with Crippen molar-refractivity contribution in [3.63, 3.8) is 0 Å². The largest absolute Gasteiger partial charge is 0.497 e. The first-order valence-corrected chi connectivity index (χ1v) is 8.12. The second-order valence-electron chi connectivity index (χ2n) is 4.10. The Morgan fingerprint density at radius 2 is 1.95 bits per heavy atom. The number of thiophene rings is 1. The zero-order valence-electron chi connectivity index (χ0n) is 11.1. The van der Waals surface area contributed by atoms with Crippen molar-refractivity contribution in [2.24, 2.45) is 0 Å². The Morgan fingerprint density at radius 1 is 1.30 bits per heavy atom. The molecule has 0 atom stereocenters. The van der Waals surface area contributed by atoms with Crippen molar-refractivity contribution in [1.29, 1.82) is 0 Å². The van der Waals surface area contributed by atoms with Crippen LogP contribution >= 0.6 is 11.3 Å². The number of hydrogen-bond acceptors (Lipinski definition) is 5. The first-order valence-electron chi connectivity index (χ1n) is 5.80. The summed E-state index contributed by atoms with van der Waals surface area (Å²) in [5.74, 6) is 0.665. The fourth-order valence-corrected chi connectivity index (χ4v) is 4.20. The third kappa shape index (κ3) is 2.79. The zero-order chi connectivity index (χ0) is 14.8. The van der Waals surface area contributed by atoms with E-state index in [1.54, 1.807) is 36.8 Å². The fourth-order valence-electron chi connectivity index (χ4n) is 1.64. The Morgan fingerprint density at radius 3 is 2.45 bits per heavy atom. The van der Waals surface area contributed by atoms with Gasteiger partial charge in [-0.05, 0) is 41.3 Å². The number of rotatable bonds is 5. The first-order chi connectivity index (χ1) is 9.48. The SMILES string of the molecule is COc1ccc(N(C)S(=O)(=O)c2cc(CO)cs2)cc1. The maximum Gasteiger partial charge on any atom is 0.273 e. The average molecular weight is 313 g/mol. The molecule has 0 fully saturated rings. The number of benzene rings is 1. The highest BCUT2D eigenvalue weighted by molar-refractivity contribution is 7.94. The van der Waals surface area contributed by atoms with Crippen molar-refractivity contribution in [2.45, 2.75) is 10.8 Å². The molecule has 1 aromatic carbocycles. The molecule has 0 saturated heterocycles. The van der Waals surface area contributed by atoms with Gasteiger partial charge in [0.1, 0.15) is 9.96 Å². The van der Waals surface area contributed by atoms with Gasteiger partial charge in [0.05, 0.1) is 19.4 Å². The van der Waals surface area contributed by atoms with E-state index in [1.165, 1.54) is 17.4 Å². The highest BCUT2D eigenvalue weighted by Crippen LogP contribution is 2.28. The van der Waals surface area contributed by atoms with Crippen LogP contribution in [-0.4, -0.2) is 27.7 Å². The van der Waals surface area contributed by atoms with Crippen LogP contribution in [0.2, 0.25) is 0 Å². The molecule has 2 rings (SSSR count). The van der Waals surface area contributed by atoms with Crippen molar-refractivity contribution < 1.29 is 18.3 Å². The van der Waals surface area contributed by atoms with Gasteiger partial charge in [-0.1, -0.05) is 0 Å². The van der Waals surface area contributed by atoms with E-state index in [-0.39, 0.29) is 10.8 Å². The van der Waals surface area contributed by atoms with Crippen LogP contribution in [-0.2, 0) is 16.6 Å². The molecule has 7 heteroatoms. The first kappa shape index (κ1) is 14.8. The standard InChI is InChI=1S/C13H15NO4S2/c1-14(11-3-5-12(18-2)6-4-11)20(16,17)13-7-10(8-15)9-19-13/h3-7,9,15H,8H2,1-2H3. The van der Waals surface area contributed by atoms with Gasteiger partial charge in [-0.3, -0.25) is 4.31 Å². The van der Waals surface area contributed by atoms with Crippen LogP contribution in [0.5, 0.6) is 5.75 Å². The van der Waals surface area contributed by atoms with Crippen LogP contribution in [0.25, 0.3) is 0 Å². The number of nitrogens with zero attached hydrogens (tertiary/aromatic N) is 1. The molecule has 20 heavy (non-hydrogen) atoms. The molecule has 0 unspecified atom stereocenters. The summed E-state index contributed by atoms with van der Waals surface area (Å²) in [5.41, 5.74) is 1.14. The molecule has 1 N–H and O–H groups in total. The van der Waals surface area contributed by atoms with Crippen molar-refractivity contribution in [3.8, 4) is 5.75 Å². The van der Waals surface area contributed by atoms with Gasteiger partial charge < -0.3 is 9.84 Å². The van der Waals surface area contributed by atoms with E-state index >= 15 is 0 Å². The summed E-state index contributed by atoms with van der Waals surface area (Å²) in [6.45, 7) is -0.168. The zero-order valence-corrected chi connectivity index (χ0v) is 12.7. The Hall–Kier alpha value is -1.57. The van der Waals surface area contributed by atoms with Gasteiger partial charge >= 0.3 is 0 Å². The quantitative estimate of drug-likeness (QED) is 0.917. The maximum absolute atomic E-state index is 12.4. The molecule has 5 nitrogen and oxygen atoms in total. The van der Waals surface area contributed by atoms with Crippen LogP contribution in [0.3, 0.4) is 0 Å². The van der Waals surface area contributed by atoms with E-state index in [1.807, 2.05) is 0 Å². The molecule has 0 aliphatic carbocycles. The summed E-state index contributed by atoms with van der Waals surface area (Å²) < 4.78 is 31.3. The fraction of sp³-hybridized carbons (Fsp3) is 0.231. The van der Waals surface area contributed by atoms with Gasteiger partial charge in [-0.15, -0.1) is 11.3 Å². The Labute approximate surface area is 122 Å². The minimum atomic E-state index is -3.60. The van der Waals surface area contributed by atoms with Crippen LogP contribution in [0.4, 0.5) is 5.69 Å². The Bertz CT molecular complexity index is 677. The maximum atomic E-state index is 12.4. The van der Waals surface area contributed by atoms with E-state index in [0.29, 0.717) is 17.0 Å². The molecule has 0 amide bonds. The lowest BCUT2D eigenvalue weighted by molar-refractivity contribution is 0.282. The van der Waals surface area contributed by atoms with Crippen molar-refractivity contribution >= 4 is 27.0 Å². The molecule has 108 valence electrons. The van der Waals surface area contributed by atoms with Crippen LogP contribution < -0.4 is 9.04 Å². The third-order valence-corrected chi connectivity index (χ3v) is 6.11. The lowest BCUT2D eigenvalue weighted by atomic mass is 10.3. The smallest absolute Gasteiger partial charge is 0.273 e. The summed E-state index contributed by atoms with van der Waals surface area (Å²) in [7, 11) is -0.552. The van der Waals surface area contributed by atoms with Gasteiger partial charge in [0.25, 0.3) is 10.0 Å². The van der Waals surface area contributed by atoms with E-state index in [4.69, 9.17) is 9.84 Å². The number of hydrogen-bond donors (Lipinski definition) is 1. The predicted octanol–water partition coefficient (Wildman–Crippen LogP) is 2.07. The van der Waals surface area contributed by atoms with Gasteiger partial charge in [-0.25, -0.2) is 8.42 Å². The van der Waals surface area contributed by atoms with Gasteiger partial charge in [-0.2, -0.15) is 0 Å². The average Bonchev–Trinajstić information content (AvgIpc) is 2.96. The molecule has 1 heterocycles. The van der Waals surface area contributed by atoms with E-state index in [0.717, 1.165) is 11.3 Å². The molecule has 2 aromatic rings. The molecule has 0 radical (unpaired) electrons. The molecular weight excluding hydrogens is 298 g/mol. The highest BCUT2D eigenvalue weighted by Gasteiger charge is 2.23. The molecule has 1 aromatic heterocycles. The van der Waals surface area contributed by atoms with Gasteiger partial charge in [0.2, 0.25) is 0 Å². The number of anilines is 1. The van der Waals surface area contributed by atoms with Crippen LogP contribution in [0.15, 0.2) is 39.9 Å². The predicted molar refractivity (Wildman–Crippen MR) is 78.8 cm³/mol. The van der Waals surface area contributed by atoms with Crippen molar-refractivity contribution in [2.75, 3.05) is 18.5 Å². The second-order valence-corrected chi connectivity index (χ2v) is 7.21. The van der Waals surface area contributed by atoms with Gasteiger partial charge in [0, 0.05) is 7.05 Å². The normalized spacial score (nSPS) is 11.3. The van der Waals surface area contributed by atoms with Crippen LogP contribution in [0.1, 0.15) is 5.56 Å². The Balaban J connectivity index is 2.32. The van der Waals surface area contributed by atoms with Crippen molar-refractivity contribution in [1.82, 2.24) is 0 Å². The van der Waals surface area contributed by atoms with Crippen molar-refractivity contribution in [3.05, 3.63) is 41.3 Å². The number of sulfonamides is 1. The Kier molecular flexibility index (Phi) is 4.32. The number of aliphatic hydroxyl groups excluding tert-OH is 1. The molecule has 0 aliphatic rings. The van der Waals surface area contributed by atoms with Crippen LogP contribution in [0, 0.1) is 0 Å². The molecule has 0 spiro atoms. The summed E-state index contributed by atoms with van der Waals surface area (Å²) in [5, 5.41) is 10.6. The second kappa shape index (κ2) is 5.82. The summed E-state index contributed by atoms with van der Waals surface area (Å²) in [6.07, 6.45) is 0. The molecular formula is C13H15NO4S2. The van der Waals surface area contributed by atoms with E-state index in [2.05, 4.69) is 0 Å². The third-order valence-electron chi connectivity index (χ3n) is 2.86. The van der Waals surface area contributed by atoms with Gasteiger partial charge in [0.15, 0.2) is 0 Å². The summed E-state index contributed by atoms with van der Waals surface area (Å²) in [4.78, 5) is 0. The lowest BCUT2D eigenvalue weighted by Gasteiger charge is -2.18. The molecule has 0 saturated carbocycles. The highest BCUT2D eigenvalue weighted by atomic mass is 32.2. The number of methoxy groups -OCH3 is 1. The monoisotopic (exact) mass is 313 g/mol. The summed E-state index contributed by atoms with van der Waals surface area (Å²) >= 11 is 1.10. The molecule has 0 aliphatic heterocycles. The molecule has 0 bridgehead atoms. The lowest BCUT2D eigenvalue weighted by Crippen LogP contribution is -2.25. The minimum Gasteiger partial charge on any atom is -0.497 e. The topological polar surface area (TPSA) is 66.8 Å². The summed E-state index contributed by atoms with van der Waals surface area (Å²) in [6, 6.07) is 8.25. The number of aliphatic hydroxyl groups is 1.